The molecule has 1 atom stereocenters. The van der Waals surface area contributed by atoms with Gasteiger partial charge in [-0.2, -0.15) is 0 Å². The number of likely N-dealkylation sites (tertiary alicyclic amines) is 1. The minimum Gasteiger partial charge on any atom is -0.352 e. The van der Waals surface area contributed by atoms with Crippen molar-refractivity contribution < 1.29 is 4.79 Å². The number of urea groups is 1. The van der Waals surface area contributed by atoms with Gasteiger partial charge in [-0.1, -0.05) is 6.08 Å². The van der Waals surface area contributed by atoms with Crippen LogP contribution >= 0.6 is 0 Å². The number of carbonyl (C=O) groups excluding carboxylic acids is 1. The van der Waals surface area contributed by atoms with Crippen molar-refractivity contribution in [3.05, 3.63) is 12.7 Å². The van der Waals surface area contributed by atoms with Crippen LogP contribution in [0.5, 0.6) is 0 Å². The van der Waals surface area contributed by atoms with E-state index >= 15 is 0 Å². The molecule has 74 valence electrons. The first kappa shape index (κ1) is 10.1. The molecule has 1 aliphatic heterocycles. The van der Waals surface area contributed by atoms with Crippen LogP contribution in [0.2, 0.25) is 0 Å². The van der Waals surface area contributed by atoms with Crippen molar-refractivity contribution in [1.29, 1.82) is 0 Å². The average molecular weight is 183 g/mol. The lowest BCUT2D eigenvalue weighted by Crippen LogP contribution is -2.42. The molecule has 1 heterocycles. The van der Waals surface area contributed by atoms with Gasteiger partial charge in [0.1, 0.15) is 0 Å². The predicted octanol–water partition coefficient (Wildman–Crippen LogP) is 0.305. The molecule has 0 spiro atoms. The van der Waals surface area contributed by atoms with E-state index in [1.54, 1.807) is 0 Å². The van der Waals surface area contributed by atoms with Gasteiger partial charge in [0.25, 0.3) is 0 Å². The van der Waals surface area contributed by atoms with Gasteiger partial charge in [0.15, 0.2) is 0 Å². The van der Waals surface area contributed by atoms with Gasteiger partial charge in [0, 0.05) is 19.1 Å². The van der Waals surface area contributed by atoms with Gasteiger partial charge in [0.05, 0.1) is 0 Å². The number of hydrogen-bond donors (Lipinski definition) is 2. The summed E-state index contributed by atoms with van der Waals surface area (Å²) in [5.74, 6) is 0. The van der Waals surface area contributed by atoms with Gasteiger partial charge in [0.2, 0.25) is 0 Å². The van der Waals surface area contributed by atoms with Gasteiger partial charge in [-0.15, -0.1) is 6.58 Å². The van der Waals surface area contributed by atoms with Crippen molar-refractivity contribution in [1.82, 2.24) is 10.2 Å². The second-order valence-electron chi connectivity index (χ2n) is 3.32. The maximum atomic E-state index is 10.5. The Labute approximate surface area is 78.8 Å². The summed E-state index contributed by atoms with van der Waals surface area (Å²) in [6.07, 6.45) is 4.22. The summed E-state index contributed by atoms with van der Waals surface area (Å²) in [6.45, 7) is 6.34. The summed E-state index contributed by atoms with van der Waals surface area (Å²) >= 11 is 0. The van der Waals surface area contributed by atoms with E-state index in [0.29, 0.717) is 12.6 Å². The van der Waals surface area contributed by atoms with Crippen molar-refractivity contribution in [2.45, 2.75) is 18.9 Å². The molecule has 1 aliphatic rings. The largest absolute Gasteiger partial charge is 0.352 e. The van der Waals surface area contributed by atoms with Gasteiger partial charge < -0.3 is 11.1 Å². The molecule has 0 aromatic carbocycles. The molecule has 1 fully saturated rings. The molecular weight excluding hydrogens is 166 g/mol. The van der Waals surface area contributed by atoms with E-state index < -0.39 is 6.03 Å². The number of nitrogens with one attached hydrogen (secondary N) is 1. The molecule has 1 saturated heterocycles. The first-order valence-electron chi connectivity index (χ1n) is 4.62. The second kappa shape index (κ2) is 4.87. The quantitative estimate of drug-likeness (QED) is 0.616. The number of nitrogens with two attached hydrogens (primary N) is 1. The van der Waals surface area contributed by atoms with E-state index in [0.717, 1.165) is 19.5 Å². The highest BCUT2D eigenvalue weighted by atomic mass is 16.2. The Balaban J connectivity index is 2.30. The molecule has 2 amide bonds. The first-order valence-corrected chi connectivity index (χ1v) is 4.62. The van der Waals surface area contributed by atoms with Gasteiger partial charge in [-0.05, 0) is 19.4 Å². The van der Waals surface area contributed by atoms with Gasteiger partial charge in [-0.25, -0.2) is 4.79 Å². The van der Waals surface area contributed by atoms with Crippen molar-refractivity contribution in [3.8, 4) is 0 Å². The van der Waals surface area contributed by atoms with E-state index in [9.17, 15) is 4.79 Å². The Hall–Kier alpha value is -1.03. The predicted molar refractivity (Wildman–Crippen MR) is 52.4 cm³/mol. The zero-order valence-electron chi connectivity index (χ0n) is 7.83. The highest BCUT2D eigenvalue weighted by molar-refractivity contribution is 5.71. The van der Waals surface area contributed by atoms with Crippen LogP contribution in [0.1, 0.15) is 12.8 Å². The van der Waals surface area contributed by atoms with Crippen LogP contribution in [0.3, 0.4) is 0 Å². The van der Waals surface area contributed by atoms with Crippen LogP contribution in [-0.4, -0.2) is 36.6 Å². The third kappa shape index (κ3) is 3.06. The summed E-state index contributed by atoms with van der Waals surface area (Å²) in [5.41, 5.74) is 5.00. The van der Waals surface area contributed by atoms with E-state index in [2.05, 4.69) is 16.8 Å². The third-order valence-electron chi connectivity index (χ3n) is 2.37. The Kier molecular flexibility index (Phi) is 3.76. The molecule has 0 aromatic rings. The summed E-state index contributed by atoms with van der Waals surface area (Å²) in [7, 11) is 0. The zero-order chi connectivity index (χ0) is 9.68. The van der Waals surface area contributed by atoms with Crippen molar-refractivity contribution in [3.63, 3.8) is 0 Å². The Morgan fingerprint density at radius 3 is 3.15 bits per heavy atom. The lowest BCUT2D eigenvalue weighted by molar-refractivity contribution is 0.238. The maximum Gasteiger partial charge on any atom is 0.312 e. The molecule has 0 unspecified atom stereocenters. The normalized spacial score (nSPS) is 22.9. The Bertz CT molecular complexity index is 193. The molecule has 0 aliphatic carbocycles. The summed E-state index contributed by atoms with van der Waals surface area (Å²) in [4.78, 5) is 12.8. The molecule has 4 heteroatoms. The molecule has 0 aromatic heterocycles. The number of nitrogens with zero attached hydrogens (tertiary/aromatic N) is 1. The van der Waals surface area contributed by atoms with E-state index in [1.165, 1.54) is 6.42 Å². The van der Waals surface area contributed by atoms with E-state index in [1.807, 2.05) is 6.08 Å². The van der Waals surface area contributed by atoms with Gasteiger partial charge >= 0.3 is 6.03 Å². The van der Waals surface area contributed by atoms with Crippen molar-refractivity contribution in [2.75, 3.05) is 19.6 Å². The SMILES string of the molecule is C=CCN1CCC[C@@H]1CNC(N)=O. The highest BCUT2D eigenvalue weighted by Gasteiger charge is 2.22. The molecule has 4 nitrogen and oxygen atoms in total. The summed E-state index contributed by atoms with van der Waals surface area (Å²) in [6, 6.07) is -0.00375. The molecule has 1 rings (SSSR count). The van der Waals surface area contributed by atoms with Crippen LogP contribution in [0, 0.1) is 0 Å². The number of carbonyl (C=O) groups is 1. The maximum absolute atomic E-state index is 10.5. The smallest absolute Gasteiger partial charge is 0.312 e. The fourth-order valence-electron chi connectivity index (χ4n) is 1.75. The summed E-state index contributed by atoms with van der Waals surface area (Å²) in [5, 5.41) is 2.64. The number of primary amides is 1. The number of hydrogen-bond acceptors (Lipinski definition) is 2. The fourth-order valence-corrected chi connectivity index (χ4v) is 1.75. The molecule has 3 N–H and O–H groups in total. The molecule has 0 saturated carbocycles. The van der Waals surface area contributed by atoms with Crippen LogP contribution in [0.4, 0.5) is 4.79 Å². The van der Waals surface area contributed by atoms with Crippen LogP contribution in [0.25, 0.3) is 0 Å². The van der Waals surface area contributed by atoms with E-state index in [4.69, 9.17) is 5.73 Å². The monoisotopic (exact) mass is 183 g/mol. The lowest BCUT2D eigenvalue weighted by Gasteiger charge is -2.22. The molecule has 0 radical (unpaired) electrons. The van der Waals surface area contributed by atoms with Gasteiger partial charge in [-0.3, -0.25) is 4.90 Å². The summed E-state index contributed by atoms with van der Waals surface area (Å²) < 4.78 is 0. The van der Waals surface area contributed by atoms with E-state index in [-0.39, 0.29) is 0 Å². The standard InChI is InChI=1S/C9H17N3O/c1-2-5-12-6-3-4-8(12)7-11-9(10)13/h2,8H,1,3-7H2,(H3,10,11,13)/t8-/m1/s1. The Morgan fingerprint density at radius 1 is 1.77 bits per heavy atom. The van der Waals surface area contributed by atoms with Crippen molar-refractivity contribution >= 4 is 6.03 Å². The molecular formula is C9H17N3O. The van der Waals surface area contributed by atoms with Crippen LogP contribution in [-0.2, 0) is 0 Å². The van der Waals surface area contributed by atoms with Crippen molar-refractivity contribution in [2.24, 2.45) is 5.73 Å². The Morgan fingerprint density at radius 2 is 2.54 bits per heavy atom. The second-order valence-corrected chi connectivity index (χ2v) is 3.32. The lowest BCUT2D eigenvalue weighted by atomic mass is 10.2. The molecule has 0 bridgehead atoms. The van der Waals surface area contributed by atoms with Crippen LogP contribution in [0.15, 0.2) is 12.7 Å². The first-order chi connectivity index (χ1) is 6.24. The van der Waals surface area contributed by atoms with Crippen LogP contribution < -0.4 is 11.1 Å². The minimum absolute atomic E-state index is 0.436. The topological polar surface area (TPSA) is 58.4 Å². The fraction of sp³-hybridized carbons (Fsp3) is 0.667. The average Bonchev–Trinajstić information content (AvgIpc) is 2.49. The number of rotatable bonds is 4. The number of amides is 2. The third-order valence-corrected chi connectivity index (χ3v) is 2.37. The molecule has 13 heavy (non-hydrogen) atoms. The minimum atomic E-state index is -0.439. The highest BCUT2D eigenvalue weighted by Crippen LogP contribution is 2.15. The zero-order valence-corrected chi connectivity index (χ0v) is 7.83.